The molecule has 2 nitrogen and oxygen atoms in total. The zero-order valence-corrected chi connectivity index (χ0v) is 10.1. The minimum atomic E-state index is 0.297. The highest BCUT2D eigenvalue weighted by molar-refractivity contribution is 7.10. The molecule has 0 aliphatic rings. The summed E-state index contributed by atoms with van der Waals surface area (Å²) < 4.78 is 5.62. The molecule has 3 heteroatoms. The number of nitrogens with one attached hydrogen (secondary N) is 1. The lowest BCUT2D eigenvalue weighted by Gasteiger charge is -2.17. The van der Waals surface area contributed by atoms with Crippen molar-refractivity contribution in [3.8, 4) is 0 Å². The molecule has 0 amide bonds. The Morgan fingerprint density at radius 3 is 2.64 bits per heavy atom. The predicted molar refractivity (Wildman–Crippen MR) is 61.9 cm³/mol. The summed E-state index contributed by atoms with van der Waals surface area (Å²) in [5.41, 5.74) is 1.35. The third kappa shape index (κ3) is 3.08. The standard InChI is InChI=1S/C11H19NOS/c1-8(2)13-7-10(12-4)11-9(3)5-6-14-11/h5-6,8,10,12H,7H2,1-4H3. The van der Waals surface area contributed by atoms with Crippen LogP contribution < -0.4 is 5.32 Å². The van der Waals surface area contributed by atoms with E-state index >= 15 is 0 Å². The van der Waals surface area contributed by atoms with Gasteiger partial charge in [0.25, 0.3) is 0 Å². The molecule has 0 saturated heterocycles. The van der Waals surface area contributed by atoms with E-state index in [2.05, 4.69) is 37.5 Å². The summed E-state index contributed by atoms with van der Waals surface area (Å²) >= 11 is 1.79. The third-order valence-corrected chi connectivity index (χ3v) is 3.30. The van der Waals surface area contributed by atoms with Gasteiger partial charge in [0.05, 0.1) is 18.8 Å². The maximum atomic E-state index is 5.62. The second kappa shape index (κ2) is 5.49. The Kier molecular flexibility index (Phi) is 4.58. The van der Waals surface area contributed by atoms with E-state index < -0.39 is 0 Å². The molecule has 80 valence electrons. The molecule has 1 unspecified atom stereocenters. The Morgan fingerprint density at radius 2 is 2.21 bits per heavy atom. The summed E-state index contributed by atoms with van der Waals surface area (Å²) in [5.74, 6) is 0. The molecule has 1 aromatic rings. The van der Waals surface area contributed by atoms with E-state index in [9.17, 15) is 0 Å². The van der Waals surface area contributed by atoms with Crippen molar-refractivity contribution in [2.24, 2.45) is 0 Å². The van der Waals surface area contributed by atoms with Crippen LogP contribution in [0.3, 0.4) is 0 Å². The number of thiophene rings is 1. The molecule has 0 aliphatic carbocycles. The molecular formula is C11H19NOS. The predicted octanol–water partition coefficient (Wildman–Crippen LogP) is 2.74. The summed E-state index contributed by atoms with van der Waals surface area (Å²) in [4.78, 5) is 1.38. The maximum absolute atomic E-state index is 5.62. The number of rotatable bonds is 5. The molecule has 0 spiro atoms. The van der Waals surface area contributed by atoms with Gasteiger partial charge in [-0.2, -0.15) is 0 Å². The smallest absolute Gasteiger partial charge is 0.0672 e. The van der Waals surface area contributed by atoms with E-state index in [4.69, 9.17) is 4.74 Å². The Labute approximate surface area is 90.3 Å². The Balaban J connectivity index is 2.58. The number of aryl methyl sites for hydroxylation is 1. The van der Waals surface area contributed by atoms with Crippen LogP contribution in [-0.4, -0.2) is 19.8 Å². The molecular weight excluding hydrogens is 194 g/mol. The van der Waals surface area contributed by atoms with Gasteiger partial charge in [0.2, 0.25) is 0 Å². The van der Waals surface area contributed by atoms with Crippen LogP contribution in [0.25, 0.3) is 0 Å². The lowest BCUT2D eigenvalue weighted by molar-refractivity contribution is 0.0631. The fraction of sp³-hybridized carbons (Fsp3) is 0.636. The van der Waals surface area contributed by atoms with Crippen molar-refractivity contribution in [2.45, 2.75) is 32.9 Å². The number of ether oxygens (including phenoxy) is 1. The Bertz CT molecular complexity index is 270. The highest BCUT2D eigenvalue weighted by Gasteiger charge is 2.13. The van der Waals surface area contributed by atoms with Crippen molar-refractivity contribution >= 4 is 11.3 Å². The van der Waals surface area contributed by atoms with Crippen molar-refractivity contribution in [1.82, 2.24) is 5.32 Å². The van der Waals surface area contributed by atoms with E-state index in [-0.39, 0.29) is 0 Å². The average Bonchev–Trinajstić information content (AvgIpc) is 2.53. The topological polar surface area (TPSA) is 21.3 Å². The van der Waals surface area contributed by atoms with Gasteiger partial charge in [0.1, 0.15) is 0 Å². The molecule has 1 heterocycles. The minimum absolute atomic E-state index is 0.297. The van der Waals surface area contributed by atoms with Crippen LogP contribution in [0.15, 0.2) is 11.4 Å². The van der Waals surface area contributed by atoms with E-state index in [0.29, 0.717) is 12.1 Å². The summed E-state index contributed by atoms with van der Waals surface area (Å²) in [6, 6.07) is 2.48. The highest BCUT2D eigenvalue weighted by Crippen LogP contribution is 2.23. The zero-order valence-electron chi connectivity index (χ0n) is 9.33. The van der Waals surface area contributed by atoms with Crippen LogP contribution in [0, 0.1) is 6.92 Å². The van der Waals surface area contributed by atoms with Gasteiger partial charge in [-0.05, 0) is 44.8 Å². The number of hydrogen-bond donors (Lipinski definition) is 1. The molecule has 0 aliphatic heterocycles. The van der Waals surface area contributed by atoms with Gasteiger partial charge in [0, 0.05) is 4.88 Å². The van der Waals surface area contributed by atoms with Gasteiger partial charge in [-0.1, -0.05) is 0 Å². The van der Waals surface area contributed by atoms with Crippen LogP contribution in [0.4, 0.5) is 0 Å². The van der Waals surface area contributed by atoms with E-state index in [1.807, 2.05) is 7.05 Å². The molecule has 1 N–H and O–H groups in total. The molecule has 0 saturated carbocycles. The first kappa shape index (κ1) is 11.7. The summed E-state index contributed by atoms with van der Waals surface area (Å²) in [7, 11) is 1.98. The Hall–Kier alpha value is -0.380. The fourth-order valence-electron chi connectivity index (χ4n) is 1.32. The maximum Gasteiger partial charge on any atom is 0.0672 e. The van der Waals surface area contributed by atoms with Crippen LogP contribution >= 0.6 is 11.3 Å². The zero-order chi connectivity index (χ0) is 10.6. The lowest BCUT2D eigenvalue weighted by Crippen LogP contribution is -2.23. The minimum Gasteiger partial charge on any atom is -0.377 e. The number of hydrogen-bond acceptors (Lipinski definition) is 3. The van der Waals surface area contributed by atoms with Gasteiger partial charge < -0.3 is 10.1 Å². The Morgan fingerprint density at radius 1 is 1.50 bits per heavy atom. The summed E-state index contributed by atoms with van der Waals surface area (Å²) in [5, 5.41) is 5.42. The third-order valence-electron chi connectivity index (χ3n) is 2.16. The van der Waals surface area contributed by atoms with Crippen LogP contribution in [0.5, 0.6) is 0 Å². The fourth-order valence-corrected chi connectivity index (χ4v) is 2.34. The van der Waals surface area contributed by atoms with Crippen molar-refractivity contribution in [3.05, 3.63) is 21.9 Å². The van der Waals surface area contributed by atoms with Crippen molar-refractivity contribution < 1.29 is 4.74 Å². The van der Waals surface area contributed by atoms with Crippen molar-refractivity contribution in [1.29, 1.82) is 0 Å². The highest BCUT2D eigenvalue weighted by atomic mass is 32.1. The molecule has 0 bridgehead atoms. The molecule has 0 aromatic carbocycles. The molecule has 1 aromatic heterocycles. The van der Waals surface area contributed by atoms with Gasteiger partial charge in [-0.3, -0.25) is 0 Å². The van der Waals surface area contributed by atoms with Gasteiger partial charge >= 0.3 is 0 Å². The van der Waals surface area contributed by atoms with Crippen LogP contribution in [-0.2, 0) is 4.74 Å². The first-order valence-electron chi connectivity index (χ1n) is 4.98. The molecule has 1 rings (SSSR count). The summed E-state index contributed by atoms with van der Waals surface area (Å²) in [6.07, 6.45) is 0.297. The van der Waals surface area contributed by atoms with Gasteiger partial charge in [-0.25, -0.2) is 0 Å². The summed E-state index contributed by atoms with van der Waals surface area (Å²) in [6.45, 7) is 7.02. The lowest BCUT2D eigenvalue weighted by atomic mass is 10.2. The van der Waals surface area contributed by atoms with E-state index in [1.165, 1.54) is 10.4 Å². The first-order chi connectivity index (χ1) is 6.65. The van der Waals surface area contributed by atoms with Crippen LogP contribution in [0.1, 0.15) is 30.3 Å². The average molecular weight is 213 g/mol. The SMILES string of the molecule is CNC(COC(C)C)c1sccc1C. The number of likely N-dealkylation sites (N-methyl/N-ethyl adjacent to an activating group) is 1. The monoisotopic (exact) mass is 213 g/mol. The second-order valence-corrected chi connectivity index (χ2v) is 4.64. The van der Waals surface area contributed by atoms with Crippen LogP contribution in [0.2, 0.25) is 0 Å². The second-order valence-electron chi connectivity index (χ2n) is 3.69. The largest absolute Gasteiger partial charge is 0.377 e. The molecule has 1 atom stereocenters. The molecule has 14 heavy (non-hydrogen) atoms. The first-order valence-corrected chi connectivity index (χ1v) is 5.86. The normalized spacial score (nSPS) is 13.5. The van der Waals surface area contributed by atoms with Crippen molar-refractivity contribution in [3.63, 3.8) is 0 Å². The van der Waals surface area contributed by atoms with Crippen molar-refractivity contribution in [2.75, 3.05) is 13.7 Å². The quantitative estimate of drug-likeness (QED) is 0.812. The molecule has 0 fully saturated rings. The van der Waals surface area contributed by atoms with Gasteiger partial charge in [-0.15, -0.1) is 11.3 Å². The molecule has 0 radical (unpaired) electrons. The van der Waals surface area contributed by atoms with E-state index in [1.54, 1.807) is 11.3 Å². The van der Waals surface area contributed by atoms with E-state index in [0.717, 1.165) is 6.61 Å². The van der Waals surface area contributed by atoms with Gasteiger partial charge in [0.15, 0.2) is 0 Å².